The normalized spacial score (nSPS) is 22.2. The third kappa shape index (κ3) is 2.67. The summed E-state index contributed by atoms with van der Waals surface area (Å²) in [4.78, 5) is 4.56. The molecule has 17 heavy (non-hydrogen) atoms. The molecule has 0 bridgehead atoms. The summed E-state index contributed by atoms with van der Waals surface area (Å²) in [6, 6.07) is 4.70. The highest BCUT2D eigenvalue weighted by Crippen LogP contribution is 2.35. The molecule has 0 radical (unpaired) electrons. The second-order valence-electron chi connectivity index (χ2n) is 4.87. The van der Waals surface area contributed by atoms with Crippen molar-refractivity contribution in [1.82, 2.24) is 10.3 Å². The van der Waals surface area contributed by atoms with Gasteiger partial charge in [-0.15, -0.1) is 0 Å². The van der Waals surface area contributed by atoms with Gasteiger partial charge in [-0.2, -0.15) is 0 Å². The van der Waals surface area contributed by atoms with Crippen LogP contribution in [0.4, 0.5) is 0 Å². The molecule has 94 valence electrons. The summed E-state index contributed by atoms with van der Waals surface area (Å²) < 4.78 is 5.37. The Bertz CT molecular complexity index is 367. The Morgan fingerprint density at radius 2 is 2.41 bits per heavy atom. The van der Waals surface area contributed by atoms with E-state index in [1.54, 1.807) is 7.11 Å². The van der Waals surface area contributed by atoms with Crippen LogP contribution >= 0.6 is 0 Å². The van der Waals surface area contributed by atoms with E-state index >= 15 is 0 Å². The van der Waals surface area contributed by atoms with Gasteiger partial charge in [-0.3, -0.25) is 4.98 Å². The molecule has 3 atom stereocenters. The monoisotopic (exact) mass is 234 g/mol. The molecule has 0 fully saturated rings. The summed E-state index contributed by atoms with van der Waals surface area (Å²) in [6.45, 7) is 2.12. The number of methoxy groups -OCH3 is 1. The van der Waals surface area contributed by atoms with Crippen LogP contribution in [-0.4, -0.2) is 31.3 Å². The molecule has 2 rings (SSSR count). The molecule has 3 heteroatoms. The first-order chi connectivity index (χ1) is 8.26. The van der Waals surface area contributed by atoms with E-state index in [0.29, 0.717) is 18.1 Å². The molecule has 1 aliphatic rings. The van der Waals surface area contributed by atoms with Crippen LogP contribution in [0.25, 0.3) is 0 Å². The van der Waals surface area contributed by atoms with Crippen molar-refractivity contribution < 1.29 is 4.74 Å². The van der Waals surface area contributed by atoms with E-state index in [0.717, 1.165) is 12.8 Å². The Labute approximate surface area is 104 Å². The minimum absolute atomic E-state index is 0.292. The first-order valence-corrected chi connectivity index (χ1v) is 6.40. The van der Waals surface area contributed by atoms with Crippen LogP contribution in [0.5, 0.6) is 0 Å². The Kier molecular flexibility index (Phi) is 4.13. The van der Waals surface area contributed by atoms with Crippen molar-refractivity contribution in [3.05, 3.63) is 29.6 Å². The van der Waals surface area contributed by atoms with E-state index in [1.807, 2.05) is 19.3 Å². The lowest BCUT2D eigenvalue weighted by Gasteiger charge is -2.25. The highest BCUT2D eigenvalue weighted by molar-refractivity contribution is 5.29. The van der Waals surface area contributed by atoms with Gasteiger partial charge in [0.15, 0.2) is 0 Å². The first-order valence-electron chi connectivity index (χ1n) is 6.40. The maximum Gasteiger partial charge on any atom is 0.0558 e. The number of hydrogen-bond acceptors (Lipinski definition) is 3. The van der Waals surface area contributed by atoms with E-state index in [4.69, 9.17) is 4.74 Å². The molecule has 1 aromatic heterocycles. The van der Waals surface area contributed by atoms with Gasteiger partial charge in [0.05, 0.1) is 6.10 Å². The standard InChI is InChI=1S/C14H22N2O/c1-10(17-3)9-13(15-2)12-7-6-11-5-4-8-16-14(11)12/h4-5,8,10,12-13,15H,6-7,9H2,1-3H3. The number of ether oxygens (including phenoxy) is 1. The quantitative estimate of drug-likeness (QED) is 0.847. The Morgan fingerprint density at radius 3 is 3.12 bits per heavy atom. The third-order valence-corrected chi connectivity index (χ3v) is 3.85. The summed E-state index contributed by atoms with van der Waals surface area (Å²) >= 11 is 0. The highest BCUT2D eigenvalue weighted by atomic mass is 16.5. The first kappa shape index (κ1) is 12.5. The Balaban J connectivity index is 2.12. The molecule has 0 amide bonds. The number of nitrogens with one attached hydrogen (secondary N) is 1. The van der Waals surface area contributed by atoms with Crippen LogP contribution in [0.3, 0.4) is 0 Å². The fourth-order valence-electron chi connectivity index (χ4n) is 2.77. The Morgan fingerprint density at radius 1 is 1.59 bits per heavy atom. The number of rotatable bonds is 5. The zero-order valence-corrected chi connectivity index (χ0v) is 10.9. The van der Waals surface area contributed by atoms with Gasteiger partial charge in [0.25, 0.3) is 0 Å². The number of nitrogens with zero attached hydrogens (tertiary/aromatic N) is 1. The molecule has 0 aromatic carbocycles. The summed E-state index contributed by atoms with van der Waals surface area (Å²) in [5.41, 5.74) is 2.71. The lowest BCUT2D eigenvalue weighted by molar-refractivity contribution is 0.0976. The lowest BCUT2D eigenvalue weighted by atomic mass is 9.92. The van der Waals surface area contributed by atoms with Gasteiger partial charge in [0, 0.05) is 31.0 Å². The van der Waals surface area contributed by atoms with E-state index in [-0.39, 0.29) is 0 Å². The van der Waals surface area contributed by atoms with Crippen molar-refractivity contribution in [3.63, 3.8) is 0 Å². The molecule has 1 aliphatic carbocycles. The fraction of sp³-hybridized carbons (Fsp3) is 0.643. The number of fused-ring (bicyclic) bond motifs is 1. The minimum atomic E-state index is 0.292. The maximum absolute atomic E-state index is 5.37. The zero-order valence-electron chi connectivity index (χ0n) is 10.9. The van der Waals surface area contributed by atoms with Crippen LogP contribution in [0.1, 0.15) is 36.9 Å². The molecule has 1 N–H and O–H groups in total. The topological polar surface area (TPSA) is 34.1 Å². The van der Waals surface area contributed by atoms with E-state index < -0.39 is 0 Å². The predicted molar refractivity (Wildman–Crippen MR) is 69.2 cm³/mol. The molecule has 0 saturated carbocycles. The number of aryl methyl sites for hydroxylation is 1. The van der Waals surface area contributed by atoms with Gasteiger partial charge in [-0.25, -0.2) is 0 Å². The van der Waals surface area contributed by atoms with Gasteiger partial charge in [0.2, 0.25) is 0 Å². The molecular formula is C14H22N2O. The minimum Gasteiger partial charge on any atom is -0.382 e. The van der Waals surface area contributed by atoms with Crippen LogP contribution in [0.15, 0.2) is 18.3 Å². The lowest BCUT2D eigenvalue weighted by Crippen LogP contribution is -2.34. The summed E-state index contributed by atoms with van der Waals surface area (Å²) in [5.74, 6) is 0.536. The van der Waals surface area contributed by atoms with Crippen molar-refractivity contribution in [2.24, 2.45) is 0 Å². The van der Waals surface area contributed by atoms with E-state index in [9.17, 15) is 0 Å². The summed E-state index contributed by atoms with van der Waals surface area (Å²) in [5, 5.41) is 3.43. The smallest absolute Gasteiger partial charge is 0.0558 e. The molecule has 0 spiro atoms. The van der Waals surface area contributed by atoms with Gasteiger partial charge in [0.1, 0.15) is 0 Å². The van der Waals surface area contributed by atoms with Crippen LogP contribution < -0.4 is 5.32 Å². The average molecular weight is 234 g/mol. The van der Waals surface area contributed by atoms with Crippen molar-refractivity contribution >= 4 is 0 Å². The van der Waals surface area contributed by atoms with Gasteiger partial charge < -0.3 is 10.1 Å². The zero-order chi connectivity index (χ0) is 12.3. The van der Waals surface area contributed by atoms with Gasteiger partial charge in [-0.1, -0.05) is 6.07 Å². The Hall–Kier alpha value is -0.930. The van der Waals surface area contributed by atoms with Gasteiger partial charge >= 0.3 is 0 Å². The maximum atomic E-state index is 5.37. The fourth-order valence-corrected chi connectivity index (χ4v) is 2.77. The molecule has 1 aromatic rings. The van der Waals surface area contributed by atoms with Crippen LogP contribution in [0.2, 0.25) is 0 Å². The second kappa shape index (κ2) is 5.61. The average Bonchev–Trinajstić information content (AvgIpc) is 2.79. The molecule has 0 aliphatic heterocycles. The van der Waals surface area contributed by atoms with E-state index in [2.05, 4.69) is 23.3 Å². The van der Waals surface area contributed by atoms with Crippen molar-refractivity contribution in [3.8, 4) is 0 Å². The van der Waals surface area contributed by atoms with Crippen LogP contribution in [-0.2, 0) is 11.2 Å². The second-order valence-corrected chi connectivity index (χ2v) is 4.87. The van der Waals surface area contributed by atoms with Crippen molar-refractivity contribution in [2.75, 3.05) is 14.2 Å². The SMILES string of the molecule is CNC(CC(C)OC)C1CCc2cccnc21. The number of likely N-dealkylation sites (N-methyl/N-ethyl adjacent to an activating group) is 1. The molecule has 1 heterocycles. The van der Waals surface area contributed by atoms with Crippen molar-refractivity contribution in [2.45, 2.75) is 44.2 Å². The number of pyridine rings is 1. The van der Waals surface area contributed by atoms with E-state index in [1.165, 1.54) is 17.7 Å². The summed E-state index contributed by atoms with van der Waals surface area (Å²) in [6.07, 6.45) is 5.60. The van der Waals surface area contributed by atoms with Gasteiger partial charge in [-0.05, 0) is 44.9 Å². The highest BCUT2D eigenvalue weighted by Gasteiger charge is 2.30. The van der Waals surface area contributed by atoms with Crippen molar-refractivity contribution in [1.29, 1.82) is 0 Å². The number of hydrogen-bond donors (Lipinski definition) is 1. The van der Waals surface area contributed by atoms with Crippen LogP contribution in [0, 0.1) is 0 Å². The molecule has 3 unspecified atom stereocenters. The molecule has 3 nitrogen and oxygen atoms in total. The third-order valence-electron chi connectivity index (χ3n) is 3.85. The number of aromatic nitrogens is 1. The largest absolute Gasteiger partial charge is 0.382 e. The summed E-state index contributed by atoms with van der Waals surface area (Å²) in [7, 11) is 3.81. The predicted octanol–water partition coefficient (Wildman–Crippen LogP) is 2.12. The molecular weight excluding hydrogens is 212 g/mol. The molecule has 0 saturated heterocycles.